The smallest absolute Gasteiger partial charge is 1.00 e. The molecule has 0 N–H and O–H groups in total. The molecule has 1 radical (unpaired) electrons. The van der Waals surface area contributed by atoms with Crippen molar-refractivity contribution in [1.29, 1.82) is 0 Å². The second-order valence-electron chi connectivity index (χ2n) is 4.82. The van der Waals surface area contributed by atoms with E-state index in [9.17, 15) is 0 Å². The first-order chi connectivity index (χ1) is 9.34. The van der Waals surface area contributed by atoms with Gasteiger partial charge in [-0.1, -0.05) is 37.6 Å². The van der Waals surface area contributed by atoms with Crippen molar-refractivity contribution in [3.8, 4) is 0 Å². The number of halogens is 2. The normalized spacial score (nSPS) is 12.7. The van der Waals surface area contributed by atoms with Crippen LogP contribution in [0, 0.1) is 6.08 Å². The Kier molecular flexibility index (Phi) is 9.41. The number of hydrogen-bond acceptors (Lipinski definition) is 1. The molecular formula is C18H16Cl2CrN. The molecule has 0 amide bonds. The zero-order valence-electron chi connectivity index (χ0n) is 12.2. The number of pyridine rings is 1. The summed E-state index contributed by atoms with van der Waals surface area (Å²) in [5.41, 5.74) is 6.44. The number of allylic oxidation sites excluding steroid dienone is 4. The van der Waals surface area contributed by atoms with Crippen molar-refractivity contribution >= 4 is 5.57 Å². The molecule has 1 aliphatic carbocycles. The van der Waals surface area contributed by atoms with Crippen LogP contribution in [0.4, 0.5) is 0 Å². The van der Waals surface area contributed by atoms with E-state index in [0.29, 0.717) is 0 Å². The third-order valence-corrected chi connectivity index (χ3v) is 3.57. The molecule has 1 aromatic carbocycles. The Hall–Kier alpha value is -1.04. The fourth-order valence-electron chi connectivity index (χ4n) is 2.48. The molecule has 4 heteroatoms. The second-order valence-corrected chi connectivity index (χ2v) is 4.82. The van der Waals surface area contributed by atoms with Crippen molar-refractivity contribution in [2.45, 2.75) is 19.8 Å². The Morgan fingerprint density at radius 1 is 1.00 bits per heavy atom. The first-order valence-electron chi connectivity index (χ1n) is 6.60. The van der Waals surface area contributed by atoms with Gasteiger partial charge in [-0.2, -0.15) is 17.2 Å². The average molecular weight is 369 g/mol. The number of hydrogen-bond donors (Lipinski definition) is 0. The zero-order valence-corrected chi connectivity index (χ0v) is 15.0. The summed E-state index contributed by atoms with van der Waals surface area (Å²) in [6.45, 7) is 2.20. The van der Waals surface area contributed by atoms with Crippen LogP contribution in [0.25, 0.3) is 5.57 Å². The molecule has 113 valence electrons. The SMILES string of the molecule is CC1=C(Cc2ccccn2)C[C-]=C1c1ccccc1.[Cl-].[Cl-].[Cr+3]. The van der Waals surface area contributed by atoms with Crippen molar-refractivity contribution in [3.63, 3.8) is 0 Å². The van der Waals surface area contributed by atoms with Crippen LogP contribution in [0.3, 0.4) is 0 Å². The minimum Gasteiger partial charge on any atom is -1.00 e. The van der Waals surface area contributed by atoms with Gasteiger partial charge in [0.1, 0.15) is 0 Å². The summed E-state index contributed by atoms with van der Waals surface area (Å²) >= 11 is 0. The Balaban J connectivity index is 0.00000147. The molecule has 0 aliphatic heterocycles. The van der Waals surface area contributed by atoms with Crippen molar-refractivity contribution < 1.29 is 42.2 Å². The maximum Gasteiger partial charge on any atom is 3.00 e. The minimum atomic E-state index is 0. The molecule has 0 atom stereocenters. The van der Waals surface area contributed by atoms with Gasteiger partial charge in [-0.15, -0.1) is 23.3 Å². The molecule has 0 unspecified atom stereocenters. The van der Waals surface area contributed by atoms with Crippen LogP contribution >= 0.6 is 0 Å². The molecule has 1 nitrogen and oxygen atoms in total. The molecule has 2 aromatic rings. The predicted molar refractivity (Wildman–Crippen MR) is 78.4 cm³/mol. The van der Waals surface area contributed by atoms with Crippen molar-refractivity contribution in [2.75, 3.05) is 0 Å². The molecule has 0 fully saturated rings. The third kappa shape index (κ3) is 4.73. The van der Waals surface area contributed by atoms with Gasteiger partial charge in [0, 0.05) is 11.9 Å². The number of nitrogens with zero attached hydrogens (tertiary/aromatic N) is 1. The van der Waals surface area contributed by atoms with Gasteiger partial charge in [-0.3, -0.25) is 4.98 Å². The zero-order chi connectivity index (χ0) is 13.1. The summed E-state index contributed by atoms with van der Waals surface area (Å²) in [5, 5.41) is 0. The molecule has 3 rings (SSSR count). The van der Waals surface area contributed by atoms with Crippen LogP contribution in [-0.2, 0) is 23.8 Å². The topological polar surface area (TPSA) is 12.9 Å². The van der Waals surface area contributed by atoms with Gasteiger partial charge in [0.15, 0.2) is 0 Å². The van der Waals surface area contributed by atoms with Crippen LogP contribution in [0.2, 0.25) is 0 Å². The monoisotopic (exact) mass is 368 g/mol. The van der Waals surface area contributed by atoms with Crippen LogP contribution in [0.5, 0.6) is 0 Å². The molecule has 0 spiro atoms. The standard InChI is InChI=1S/C18H16N.2ClH.Cr/c1-14-16(13-17-9-5-6-12-19-17)10-11-18(14)15-7-3-2-4-8-15;;;/h2-9,12H,10,13H2,1H3;2*1H;/q-1;;;+3/p-2. The van der Waals surface area contributed by atoms with Crippen molar-refractivity contribution in [2.24, 2.45) is 0 Å². The van der Waals surface area contributed by atoms with Crippen LogP contribution in [0.15, 0.2) is 65.9 Å². The summed E-state index contributed by atoms with van der Waals surface area (Å²) in [7, 11) is 0. The van der Waals surface area contributed by atoms with Gasteiger partial charge in [0.2, 0.25) is 0 Å². The third-order valence-electron chi connectivity index (χ3n) is 3.57. The van der Waals surface area contributed by atoms with Crippen LogP contribution in [-0.4, -0.2) is 4.98 Å². The van der Waals surface area contributed by atoms with Crippen LogP contribution in [0.1, 0.15) is 24.6 Å². The van der Waals surface area contributed by atoms with Crippen molar-refractivity contribution in [3.05, 3.63) is 83.2 Å². The molecule has 1 aliphatic rings. The molecule has 1 heterocycles. The fraction of sp³-hybridized carbons (Fsp3) is 0.167. The van der Waals surface area contributed by atoms with Gasteiger partial charge in [0.25, 0.3) is 0 Å². The number of benzene rings is 1. The Labute approximate surface area is 155 Å². The Bertz CT molecular complexity index is 637. The fourth-order valence-corrected chi connectivity index (χ4v) is 2.48. The van der Waals surface area contributed by atoms with Gasteiger partial charge in [-0.05, 0) is 18.6 Å². The van der Waals surface area contributed by atoms with E-state index in [-0.39, 0.29) is 42.2 Å². The van der Waals surface area contributed by atoms with Gasteiger partial charge in [-0.25, -0.2) is 0 Å². The predicted octanol–water partition coefficient (Wildman–Crippen LogP) is -1.76. The van der Waals surface area contributed by atoms with E-state index in [1.165, 1.54) is 22.3 Å². The van der Waals surface area contributed by atoms with Gasteiger partial charge >= 0.3 is 17.4 Å². The largest absolute Gasteiger partial charge is 3.00 e. The maximum absolute atomic E-state index is 4.40. The van der Waals surface area contributed by atoms with Gasteiger partial charge < -0.3 is 24.8 Å². The first kappa shape index (κ1) is 21.0. The second kappa shape index (κ2) is 9.87. The molecule has 1 aromatic heterocycles. The van der Waals surface area contributed by atoms with E-state index in [2.05, 4.69) is 48.3 Å². The summed E-state index contributed by atoms with van der Waals surface area (Å²) in [6.07, 6.45) is 7.21. The summed E-state index contributed by atoms with van der Waals surface area (Å²) in [4.78, 5) is 4.40. The Morgan fingerprint density at radius 2 is 1.68 bits per heavy atom. The molecule has 0 saturated heterocycles. The van der Waals surface area contributed by atoms with E-state index in [4.69, 9.17) is 0 Å². The van der Waals surface area contributed by atoms with Crippen molar-refractivity contribution in [1.82, 2.24) is 4.98 Å². The molecule has 22 heavy (non-hydrogen) atoms. The average Bonchev–Trinajstić information content (AvgIpc) is 2.82. The van der Waals surface area contributed by atoms with Gasteiger partial charge in [0.05, 0.1) is 0 Å². The molecule has 0 bridgehead atoms. The van der Waals surface area contributed by atoms with E-state index >= 15 is 0 Å². The number of rotatable bonds is 3. The summed E-state index contributed by atoms with van der Waals surface area (Å²) in [5.74, 6) is 0. The quantitative estimate of drug-likeness (QED) is 0.585. The molecular weight excluding hydrogens is 353 g/mol. The van der Waals surface area contributed by atoms with E-state index in [0.717, 1.165) is 18.5 Å². The summed E-state index contributed by atoms with van der Waals surface area (Å²) < 4.78 is 0. The number of aromatic nitrogens is 1. The maximum atomic E-state index is 4.40. The first-order valence-corrected chi connectivity index (χ1v) is 6.60. The van der Waals surface area contributed by atoms with E-state index in [1.807, 2.05) is 24.4 Å². The van der Waals surface area contributed by atoms with E-state index < -0.39 is 0 Å². The summed E-state index contributed by atoms with van der Waals surface area (Å²) in [6, 6.07) is 16.6. The van der Waals surface area contributed by atoms with Crippen LogP contribution < -0.4 is 24.8 Å². The molecule has 0 saturated carbocycles. The van der Waals surface area contributed by atoms with E-state index in [1.54, 1.807) is 0 Å². The minimum absolute atomic E-state index is 0. The Morgan fingerprint density at radius 3 is 2.32 bits per heavy atom.